The summed E-state index contributed by atoms with van der Waals surface area (Å²) in [6.07, 6.45) is -2.75. The maximum absolute atomic E-state index is 12.6. The number of aromatic nitrogens is 2. The minimum atomic E-state index is -4.25. The Morgan fingerprint density at radius 2 is 1.90 bits per heavy atom. The number of aryl methyl sites for hydroxylation is 1. The summed E-state index contributed by atoms with van der Waals surface area (Å²) in [7, 11) is 0. The second-order valence-corrected chi connectivity index (χ2v) is 4.44. The molecule has 1 aromatic rings. The maximum Gasteiger partial charge on any atom is 0.405 e. The van der Waals surface area contributed by atoms with Gasteiger partial charge in [-0.05, 0) is 20.3 Å². The van der Waals surface area contributed by atoms with E-state index < -0.39 is 12.7 Å². The molecule has 114 valence electrons. The van der Waals surface area contributed by atoms with Gasteiger partial charge < -0.3 is 10.2 Å². The predicted molar refractivity (Wildman–Crippen MR) is 74.1 cm³/mol. The first-order valence-corrected chi connectivity index (χ1v) is 6.83. The third-order valence-electron chi connectivity index (χ3n) is 2.67. The molecular weight excluding hydrogens is 269 g/mol. The molecule has 0 aliphatic rings. The van der Waals surface area contributed by atoms with E-state index in [9.17, 15) is 13.2 Å². The molecule has 0 spiro atoms. The van der Waals surface area contributed by atoms with Gasteiger partial charge in [0.2, 0.25) is 0 Å². The quantitative estimate of drug-likeness (QED) is 0.837. The second kappa shape index (κ2) is 7.31. The molecule has 0 bridgehead atoms. The van der Waals surface area contributed by atoms with Crippen molar-refractivity contribution in [2.75, 3.05) is 29.9 Å². The minimum Gasteiger partial charge on any atom is -0.370 e. The molecule has 20 heavy (non-hydrogen) atoms. The molecular formula is C13H21F3N4. The van der Waals surface area contributed by atoms with E-state index in [1.165, 1.54) is 4.90 Å². The van der Waals surface area contributed by atoms with Crippen LogP contribution in [0.15, 0.2) is 6.07 Å². The predicted octanol–water partition coefficient (Wildman–Crippen LogP) is 3.25. The number of nitrogens with zero attached hydrogens (tertiary/aromatic N) is 3. The Bertz CT molecular complexity index is 396. The van der Waals surface area contributed by atoms with Gasteiger partial charge in [0.15, 0.2) is 0 Å². The number of halogens is 3. The maximum atomic E-state index is 12.6. The third kappa shape index (κ3) is 5.22. The number of alkyl halides is 3. The Balaban J connectivity index is 3.06. The molecule has 0 aromatic carbocycles. The molecule has 0 saturated heterocycles. The zero-order valence-electron chi connectivity index (χ0n) is 12.1. The molecule has 0 amide bonds. The van der Waals surface area contributed by atoms with Crippen molar-refractivity contribution in [1.29, 1.82) is 0 Å². The van der Waals surface area contributed by atoms with Crippen LogP contribution >= 0.6 is 0 Å². The fourth-order valence-electron chi connectivity index (χ4n) is 1.82. The summed E-state index contributed by atoms with van der Waals surface area (Å²) in [6, 6.07) is 1.57. The number of nitrogens with one attached hydrogen (secondary N) is 1. The van der Waals surface area contributed by atoms with E-state index in [-0.39, 0.29) is 6.54 Å². The SMILES string of the molecule is CCCc1nc(NCC)cc(N(CC)CC(F)(F)F)n1. The summed E-state index contributed by atoms with van der Waals surface area (Å²) in [5.41, 5.74) is 0. The van der Waals surface area contributed by atoms with Crippen molar-refractivity contribution in [1.82, 2.24) is 9.97 Å². The van der Waals surface area contributed by atoms with E-state index in [1.54, 1.807) is 13.0 Å². The first-order valence-electron chi connectivity index (χ1n) is 6.83. The fourth-order valence-corrected chi connectivity index (χ4v) is 1.82. The van der Waals surface area contributed by atoms with Crippen molar-refractivity contribution in [3.05, 3.63) is 11.9 Å². The van der Waals surface area contributed by atoms with E-state index in [2.05, 4.69) is 15.3 Å². The molecule has 1 aromatic heterocycles. The monoisotopic (exact) mass is 290 g/mol. The van der Waals surface area contributed by atoms with Gasteiger partial charge >= 0.3 is 6.18 Å². The lowest BCUT2D eigenvalue weighted by Crippen LogP contribution is -2.35. The molecule has 7 heteroatoms. The highest BCUT2D eigenvalue weighted by Gasteiger charge is 2.31. The smallest absolute Gasteiger partial charge is 0.370 e. The van der Waals surface area contributed by atoms with E-state index in [0.29, 0.717) is 30.4 Å². The highest BCUT2D eigenvalue weighted by atomic mass is 19.4. The van der Waals surface area contributed by atoms with Gasteiger partial charge in [-0.1, -0.05) is 6.92 Å². The zero-order valence-corrected chi connectivity index (χ0v) is 12.1. The van der Waals surface area contributed by atoms with Crippen LogP contribution < -0.4 is 10.2 Å². The van der Waals surface area contributed by atoms with Crippen molar-refractivity contribution in [3.8, 4) is 0 Å². The van der Waals surface area contributed by atoms with Crippen molar-refractivity contribution in [3.63, 3.8) is 0 Å². The van der Waals surface area contributed by atoms with Crippen molar-refractivity contribution < 1.29 is 13.2 Å². The third-order valence-corrected chi connectivity index (χ3v) is 2.67. The summed E-state index contributed by atoms with van der Waals surface area (Å²) in [5.74, 6) is 1.46. The van der Waals surface area contributed by atoms with Crippen LogP contribution in [-0.4, -0.2) is 35.8 Å². The van der Waals surface area contributed by atoms with E-state index in [4.69, 9.17) is 0 Å². The Labute approximate surface area is 117 Å². The molecule has 0 unspecified atom stereocenters. The van der Waals surface area contributed by atoms with Crippen LogP contribution in [0.25, 0.3) is 0 Å². The van der Waals surface area contributed by atoms with Crippen LogP contribution in [0.4, 0.5) is 24.8 Å². The number of hydrogen-bond donors (Lipinski definition) is 1. The Kier molecular flexibility index (Phi) is 6.04. The number of hydrogen-bond acceptors (Lipinski definition) is 4. The molecule has 0 aliphatic heterocycles. The molecule has 1 rings (SSSR count). The first kappa shape index (κ1) is 16.5. The largest absolute Gasteiger partial charge is 0.405 e. The van der Waals surface area contributed by atoms with Crippen molar-refractivity contribution >= 4 is 11.6 Å². The highest BCUT2D eigenvalue weighted by Crippen LogP contribution is 2.22. The van der Waals surface area contributed by atoms with E-state index >= 15 is 0 Å². The normalized spacial score (nSPS) is 11.5. The average molecular weight is 290 g/mol. The fraction of sp³-hybridized carbons (Fsp3) is 0.692. The summed E-state index contributed by atoms with van der Waals surface area (Å²) in [5, 5.41) is 3.03. The summed E-state index contributed by atoms with van der Waals surface area (Å²) < 4.78 is 37.7. The Morgan fingerprint density at radius 3 is 2.40 bits per heavy atom. The summed E-state index contributed by atoms with van der Waals surface area (Å²) in [4.78, 5) is 9.74. The summed E-state index contributed by atoms with van der Waals surface area (Å²) >= 11 is 0. The number of anilines is 2. The van der Waals surface area contributed by atoms with E-state index in [1.807, 2.05) is 13.8 Å². The molecule has 0 radical (unpaired) electrons. The van der Waals surface area contributed by atoms with Gasteiger partial charge in [-0.3, -0.25) is 0 Å². The van der Waals surface area contributed by atoms with E-state index in [0.717, 1.165) is 6.42 Å². The zero-order chi connectivity index (χ0) is 15.2. The van der Waals surface area contributed by atoms with Gasteiger partial charge in [0.25, 0.3) is 0 Å². The van der Waals surface area contributed by atoms with Crippen LogP contribution in [-0.2, 0) is 6.42 Å². The van der Waals surface area contributed by atoms with Crippen molar-refractivity contribution in [2.45, 2.75) is 39.8 Å². The van der Waals surface area contributed by atoms with Crippen LogP contribution in [0.5, 0.6) is 0 Å². The van der Waals surface area contributed by atoms with Crippen LogP contribution in [0.3, 0.4) is 0 Å². The van der Waals surface area contributed by atoms with Crippen LogP contribution in [0.1, 0.15) is 33.0 Å². The Morgan fingerprint density at radius 1 is 1.20 bits per heavy atom. The molecule has 0 saturated carbocycles. The summed E-state index contributed by atoms with van der Waals surface area (Å²) in [6.45, 7) is 5.48. The molecule has 0 aliphatic carbocycles. The highest BCUT2D eigenvalue weighted by molar-refractivity contribution is 5.49. The van der Waals surface area contributed by atoms with Gasteiger partial charge in [-0.15, -0.1) is 0 Å². The molecule has 0 fully saturated rings. The molecule has 0 atom stereocenters. The van der Waals surface area contributed by atoms with Crippen molar-refractivity contribution in [2.24, 2.45) is 0 Å². The lowest BCUT2D eigenvalue weighted by Gasteiger charge is -2.24. The van der Waals surface area contributed by atoms with Gasteiger partial charge in [0.1, 0.15) is 24.0 Å². The Hall–Kier alpha value is -1.53. The lowest BCUT2D eigenvalue weighted by molar-refractivity contribution is -0.119. The van der Waals surface area contributed by atoms with Gasteiger partial charge in [0, 0.05) is 25.6 Å². The standard InChI is InChI=1S/C13H21F3N4/c1-4-7-10-18-11(17-5-2)8-12(19-10)20(6-3)9-13(14,15)16/h8H,4-7,9H2,1-3H3,(H,17,18,19). The average Bonchev–Trinajstić information content (AvgIpc) is 2.35. The topological polar surface area (TPSA) is 41.1 Å². The minimum absolute atomic E-state index is 0.244. The van der Waals surface area contributed by atoms with Crippen LogP contribution in [0.2, 0.25) is 0 Å². The van der Waals surface area contributed by atoms with Gasteiger partial charge in [0.05, 0.1) is 0 Å². The van der Waals surface area contributed by atoms with Gasteiger partial charge in [-0.2, -0.15) is 13.2 Å². The molecule has 1 heterocycles. The number of rotatable bonds is 7. The second-order valence-electron chi connectivity index (χ2n) is 4.44. The molecule has 1 N–H and O–H groups in total. The lowest BCUT2D eigenvalue weighted by atomic mass is 10.3. The van der Waals surface area contributed by atoms with Crippen LogP contribution in [0, 0.1) is 0 Å². The molecule has 4 nitrogen and oxygen atoms in total. The van der Waals surface area contributed by atoms with Gasteiger partial charge in [-0.25, -0.2) is 9.97 Å². The first-order chi connectivity index (χ1) is 9.39.